The molecule has 0 spiro atoms. The zero-order valence-electron chi connectivity index (χ0n) is 9.22. The lowest BCUT2D eigenvalue weighted by Gasteiger charge is -2.15. The lowest BCUT2D eigenvalue weighted by molar-refractivity contribution is -0.195. The number of halogens is 6. The summed E-state index contributed by atoms with van der Waals surface area (Å²) in [5.41, 5.74) is 4.07. The standard InChI is InChI=1S/C10H9F6NOS/c11-9(12,13)5-1-2-7(6(17)3-5)19-4-8(18)10(14,15)16/h1-3,8,18H,4,17H2. The molecule has 1 aromatic rings. The maximum absolute atomic E-state index is 12.3. The Morgan fingerprint density at radius 1 is 1.16 bits per heavy atom. The molecule has 108 valence electrons. The zero-order chi connectivity index (χ0) is 14.8. The fourth-order valence-corrected chi connectivity index (χ4v) is 2.04. The molecule has 1 aromatic carbocycles. The molecule has 1 rings (SSSR count). The van der Waals surface area contributed by atoms with Crippen LogP contribution in [0.15, 0.2) is 23.1 Å². The quantitative estimate of drug-likeness (QED) is 0.512. The topological polar surface area (TPSA) is 46.2 Å². The first kappa shape index (κ1) is 16.0. The summed E-state index contributed by atoms with van der Waals surface area (Å²) in [5, 5.41) is 8.76. The molecule has 19 heavy (non-hydrogen) atoms. The van der Waals surface area contributed by atoms with E-state index in [1.165, 1.54) is 0 Å². The maximum Gasteiger partial charge on any atom is 0.416 e. The molecule has 0 aliphatic heterocycles. The SMILES string of the molecule is Nc1cc(C(F)(F)F)ccc1SCC(O)C(F)(F)F. The molecule has 1 atom stereocenters. The van der Waals surface area contributed by atoms with Crippen LogP contribution in [0.4, 0.5) is 32.0 Å². The number of nitrogen functional groups attached to an aromatic ring is 1. The summed E-state index contributed by atoms with van der Waals surface area (Å²) >= 11 is 0.539. The van der Waals surface area contributed by atoms with Crippen molar-refractivity contribution in [2.75, 3.05) is 11.5 Å². The van der Waals surface area contributed by atoms with Gasteiger partial charge in [0.25, 0.3) is 0 Å². The van der Waals surface area contributed by atoms with Gasteiger partial charge in [0.1, 0.15) is 0 Å². The molecule has 0 radical (unpaired) electrons. The van der Waals surface area contributed by atoms with Crippen molar-refractivity contribution in [3.05, 3.63) is 23.8 Å². The van der Waals surface area contributed by atoms with Crippen molar-refractivity contribution >= 4 is 17.4 Å². The van der Waals surface area contributed by atoms with Gasteiger partial charge >= 0.3 is 12.4 Å². The Bertz CT molecular complexity index is 445. The van der Waals surface area contributed by atoms with E-state index < -0.39 is 29.8 Å². The van der Waals surface area contributed by atoms with Crippen LogP contribution in [0.3, 0.4) is 0 Å². The normalized spacial score (nSPS) is 14.5. The van der Waals surface area contributed by atoms with E-state index in [4.69, 9.17) is 10.8 Å². The molecule has 0 bridgehead atoms. The fourth-order valence-electron chi connectivity index (χ4n) is 1.12. The molecule has 1 unspecified atom stereocenters. The van der Waals surface area contributed by atoms with Gasteiger partial charge in [-0.15, -0.1) is 11.8 Å². The lowest BCUT2D eigenvalue weighted by atomic mass is 10.2. The highest BCUT2D eigenvalue weighted by molar-refractivity contribution is 7.99. The van der Waals surface area contributed by atoms with Crippen molar-refractivity contribution in [3.63, 3.8) is 0 Å². The van der Waals surface area contributed by atoms with Crippen molar-refractivity contribution in [3.8, 4) is 0 Å². The third-order valence-corrected chi connectivity index (χ3v) is 3.28. The molecule has 0 saturated heterocycles. The Balaban J connectivity index is 2.77. The summed E-state index contributed by atoms with van der Waals surface area (Å²) in [6.45, 7) is 0. The molecule has 0 fully saturated rings. The first-order chi connectivity index (χ1) is 8.51. The monoisotopic (exact) mass is 305 g/mol. The minimum atomic E-state index is -4.77. The Morgan fingerprint density at radius 2 is 1.74 bits per heavy atom. The number of alkyl halides is 6. The first-order valence-electron chi connectivity index (χ1n) is 4.86. The van der Waals surface area contributed by atoms with E-state index in [1.54, 1.807) is 0 Å². The average Bonchev–Trinajstić information content (AvgIpc) is 2.24. The van der Waals surface area contributed by atoms with Gasteiger partial charge in [-0.25, -0.2) is 0 Å². The smallest absolute Gasteiger partial charge is 0.398 e. The van der Waals surface area contributed by atoms with E-state index in [-0.39, 0.29) is 10.6 Å². The molecular weight excluding hydrogens is 296 g/mol. The van der Waals surface area contributed by atoms with Crippen LogP contribution in [0, 0.1) is 0 Å². The lowest BCUT2D eigenvalue weighted by Crippen LogP contribution is -2.30. The summed E-state index contributed by atoms with van der Waals surface area (Å²) < 4.78 is 73.0. The molecule has 0 aromatic heterocycles. The third-order valence-electron chi connectivity index (χ3n) is 2.11. The third kappa shape index (κ3) is 4.50. The number of aliphatic hydroxyl groups excluding tert-OH is 1. The Morgan fingerprint density at radius 3 is 2.16 bits per heavy atom. The summed E-state index contributed by atoms with van der Waals surface area (Å²) in [7, 11) is 0. The highest BCUT2D eigenvalue weighted by Crippen LogP contribution is 2.35. The minimum Gasteiger partial charge on any atom is -0.398 e. The second-order valence-corrected chi connectivity index (χ2v) is 4.68. The van der Waals surface area contributed by atoms with E-state index in [2.05, 4.69) is 0 Å². The molecule has 0 amide bonds. The number of hydrogen-bond acceptors (Lipinski definition) is 3. The van der Waals surface area contributed by atoms with Crippen molar-refractivity contribution in [2.45, 2.75) is 23.4 Å². The van der Waals surface area contributed by atoms with Crippen molar-refractivity contribution < 1.29 is 31.4 Å². The van der Waals surface area contributed by atoms with Gasteiger partial charge < -0.3 is 10.8 Å². The second kappa shape index (κ2) is 5.49. The van der Waals surface area contributed by atoms with Crippen LogP contribution >= 0.6 is 11.8 Å². The van der Waals surface area contributed by atoms with Gasteiger partial charge in [-0.05, 0) is 18.2 Å². The summed E-state index contributed by atoms with van der Waals surface area (Å²) in [6.07, 6.45) is -11.9. The van der Waals surface area contributed by atoms with Gasteiger partial charge in [0.05, 0.1) is 5.56 Å². The number of anilines is 1. The van der Waals surface area contributed by atoms with E-state index in [9.17, 15) is 26.3 Å². The van der Waals surface area contributed by atoms with Crippen molar-refractivity contribution in [1.29, 1.82) is 0 Å². The number of benzene rings is 1. The van der Waals surface area contributed by atoms with E-state index in [0.29, 0.717) is 17.8 Å². The molecule has 0 aliphatic carbocycles. The molecule has 0 aliphatic rings. The summed E-state index contributed by atoms with van der Waals surface area (Å²) in [4.78, 5) is 0.0521. The second-order valence-electron chi connectivity index (χ2n) is 3.62. The van der Waals surface area contributed by atoms with Crippen molar-refractivity contribution in [2.24, 2.45) is 0 Å². The zero-order valence-corrected chi connectivity index (χ0v) is 10.0. The van der Waals surface area contributed by atoms with Crippen LogP contribution in [-0.4, -0.2) is 23.1 Å². The van der Waals surface area contributed by atoms with Crippen LogP contribution in [0.25, 0.3) is 0 Å². The molecule has 0 heterocycles. The predicted octanol–water partition coefficient (Wildman–Crippen LogP) is 3.30. The van der Waals surface area contributed by atoms with E-state index >= 15 is 0 Å². The van der Waals surface area contributed by atoms with Crippen LogP contribution in [0.2, 0.25) is 0 Å². The summed E-state index contributed by atoms with van der Waals surface area (Å²) in [5.74, 6) is -0.737. The average molecular weight is 305 g/mol. The van der Waals surface area contributed by atoms with Crippen LogP contribution in [-0.2, 0) is 6.18 Å². The minimum absolute atomic E-state index is 0.0521. The van der Waals surface area contributed by atoms with Gasteiger partial charge in [0.2, 0.25) is 0 Å². The predicted molar refractivity (Wildman–Crippen MR) is 58.6 cm³/mol. The molecule has 2 nitrogen and oxygen atoms in total. The Labute approximate surface area is 108 Å². The van der Waals surface area contributed by atoms with Crippen LogP contribution in [0.1, 0.15) is 5.56 Å². The van der Waals surface area contributed by atoms with Gasteiger partial charge in [0.15, 0.2) is 6.10 Å². The van der Waals surface area contributed by atoms with Crippen LogP contribution < -0.4 is 5.73 Å². The fraction of sp³-hybridized carbons (Fsp3) is 0.400. The molecule has 0 saturated carbocycles. The highest BCUT2D eigenvalue weighted by atomic mass is 32.2. The van der Waals surface area contributed by atoms with Gasteiger partial charge in [-0.1, -0.05) is 0 Å². The number of thioether (sulfide) groups is 1. The van der Waals surface area contributed by atoms with Gasteiger partial charge in [-0.2, -0.15) is 26.3 Å². The maximum atomic E-state index is 12.3. The largest absolute Gasteiger partial charge is 0.416 e. The van der Waals surface area contributed by atoms with Gasteiger partial charge in [0, 0.05) is 16.3 Å². The molecular formula is C10H9F6NOS. The number of rotatable bonds is 3. The summed E-state index contributed by atoms with van der Waals surface area (Å²) in [6, 6.07) is 2.34. The molecule has 3 N–H and O–H groups in total. The first-order valence-corrected chi connectivity index (χ1v) is 5.84. The Hall–Kier alpha value is -1.09. The highest BCUT2D eigenvalue weighted by Gasteiger charge is 2.38. The molecule has 9 heteroatoms. The van der Waals surface area contributed by atoms with E-state index in [1.807, 2.05) is 0 Å². The Kier molecular flexibility index (Phi) is 4.62. The number of hydrogen-bond donors (Lipinski definition) is 2. The number of nitrogens with two attached hydrogens (primary N) is 1. The van der Waals surface area contributed by atoms with Gasteiger partial charge in [-0.3, -0.25) is 0 Å². The number of aliphatic hydroxyl groups is 1. The van der Waals surface area contributed by atoms with Crippen molar-refractivity contribution in [1.82, 2.24) is 0 Å². The van der Waals surface area contributed by atoms with Crippen LogP contribution in [0.5, 0.6) is 0 Å². The van der Waals surface area contributed by atoms with E-state index in [0.717, 1.165) is 12.1 Å².